The van der Waals surface area contributed by atoms with Gasteiger partial charge in [0.25, 0.3) is 17.7 Å². The minimum atomic E-state index is -0.353. The fourth-order valence-electron chi connectivity index (χ4n) is 3.48. The van der Waals surface area contributed by atoms with Crippen LogP contribution in [0, 0.1) is 13.8 Å². The molecule has 1 aliphatic heterocycles. The summed E-state index contributed by atoms with van der Waals surface area (Å²) in [5.74, 6) is -0.366. The fraction of sp³-hybridized carbons (Fsp3) is 0.125. The molecule has 6 heteroatoms. The zero-order chi connectivity index (χ0) is 21.3. The maximum Gasteiger partial charge on any atom is 0.266 e. The number of carbonyl (C=O) groups is 3. The molecule has 6 nitrogen and oxygen atoms in total. The number of nitrogens with one attached hydrogen (secondary N) is 1. The number of carbonyl (C=O) groups excluding carboxylic acids is 3. The summed E-state index contributed by atoms with van der Waals surface area (Å²) in [6.07, 6.45) is 0. The van der Waals surface area contributed by atoms with E-state index in [1.165, 1.54) is 0 Å². The average molecular weight is 400 g/mol. The Kier molecular flexibility index (Phi) is 5.06. The number of aryl methyl sites for hydroxylation is 2. The predicted molar refractivity (Wildman–Crippen MR) is 114 cm³/mol. The number of hydrogen-bond acceptors (Lipinski definition) is 4. The summed E-state index contributed by atoms with van der Waals surface area (Å²) in [6.45, 7) is 3.81. The van der Waals surface area contributed by atoms with Crippen LogP contribution in [-0.2, 0) is 4.79 Å². The van der Waals surface area contributed by atoms with Crippen LogP contribution >= 0.6 is 0 Å². The van der Waals surface area contributed by atoms with Crippen molar-refractivity contribution >= 4 is 29.1 Å². The Morgan fingerprint density at radius 3 is 2.00 bits per heavy atom. The summed E-state index contributed by atoms with van der Waals surface area (Å²) < 4.78 is 5.56. The van der Waals surface area contributed by atoms with Crippen LogP contribution in [0.15, 0.2) is 66.7 Å². The highest BCUT2D eigenvalue weighted by molar-refractivity contribution is 6.34. The first-order valence-corrected chi connectivity index (χ1v) is 9.51. The minimum Gasteiger partial charge on any atom is -0.484 e. The van der Waals surface area contributed by atoms with Crippen molar-refractivity contribution in [2.24, 2.45) is 0 Å². The van der Waals surface area contributed by atoms with Crippen molar-refractivity contribution in [2.75, 3.05) is 16.8 Å². The molecule has 4 rings (SSSR count). The number of benzene rings is 3. The molecule has 0 radical (unpaired) electrons. The Morgan fingerprint density at radius 2 is 1.43 bits per heavy atom. The van der Waals surface area contributed by atoms with E-state index in [0.29, 0.717) is 28.3 Å². The van der Waals surface area contributed by atoms with Gasteiger partial charge in [-0.2, -0.15) is 0 Å². The van der Waals surface area contributed by atoms with Crippen molar-refractivity contribution in [1.82, 2.24) is 0 Å². The molecule has 1 aliphatic rings. The Bertz CT molecular complexity index is 1100. The van der Waals surface area contributed by atoms with Gasteiger partial charge in [0, 0.05) is 5.69 Å². The molecular weight excluding hydrogens is 380 g/mol. The van der Waals surface area contributed by atoms with Crippen molar-refractivity contribution in [1.29, 1.82) is 0 Å². The lowest BCUT2D eigenvalue weighted by Gasteiger charge is -2.14. The summed E-state index contributed by atoms with van der Waals surface area (Å²) in [7, 11) is 0. The Balaban J connectivity index is 1.40. The smallest absolute Gasteiger partial charge is 0.266 e. The maximum atomic E-state index is 12.6. The van der Waals surface area contributed by atoms with Crippen molar-refractivity contribution in [3.05, 3.63) is 89.0 Å². The van der Waals surface area contributed by atoms with Gasteiger partial charge < -0.3 is 10.1 Å². The maximum absolute atomic E-state index is 12.6. The van der Waals surface area contributed by atoms with Crippen molar-refractivity contribution in [3.8, 4) is 5.75 Å². The third-order valence-corrected chi connectivity index (χ3v) is 4.77. The van der Waals surface area contributed by atoms with Crippen LogP contribution in [0.25, 0.3) is 0 Å². The number of amides is 3. The van der Waals surface area contributed by atoms with Gasteiger partial charge in [-0.3, -0.25) is 14.4 Å². The molecule has 0 saturated heterocycles. The fourth-order valence-corrected chi connectivity index (χ4v) is 3.48. The predicted octanol–water partition coefficient (Wildman–Crippen LogP) is 4.12. The topological polar surface area (TPSA) is 75.7 Å². The normalized spacial score (nSPS) is 12.7. The summed E-state index contributed by atoms with van der Waals surface area (Å²) in [5.41, 5.74) is 3.91. The summed E-state index contributed by atoms with van der Waals surface area (Å²) in [5, 5.41) is 2.75. The first kappa shape index (κ1) is 19.4. The number of imide groups is 1. The lowest BCUT2D eigenvalue weighted by molar-refractivity contribution is -0.118. The molecule has 0 aromatic heterocycles. The van der Waals surface area contributed by atoms with Crippen LogP contribution in [-0.4, -0.2) is 24.3 Å². The molecule has 3 aromatic rings. The average Bonchev–Trinajstić information content (AvgIpc) is 2.97. The van der Waals surface area contributed by atoms with E-state index >= 15 is 0 Å². The van der Waals surface area contributed by atoms with Crippen molar-refractivity contribution in [3.63, 3.8) is 0 Å². The second-order valence-corrected chi connectivity index (χ2v) is 7.20. The quantitative estimate of drug-likeness (QED) is 0.654. The molecule has 0 fully saturated rings. The highest BCUT2D eigenvalue weighted by atomic mass is 16.5. The first-order valence-electron chi connectivity index (χ1n) is 9.51. The number of hydrogen-bond donors (Lipinski definition) is 1. The van der Waals surface area contributed by atoms with Gasteiger partial charge in [-0.15, -0.1) is 0 Å². The monoisotopic (exact) mass is 400 g/mol. The second-order valence-electron chi connectivity index (χ2n) is 7.20. The number of anilines is 2. The van der Waals surface area contributed by atoms with Crippen molar-refractivity contribution in [2.45, 2.75) is 13.8 Å². The van der Waals surface area contributed by atoms with E-state index in [4.69, 9.17) is 4.74 Å². The van der Waals surface area contributed by atoms with Gasteiger partial charge >= 0.3 is 0 Å². The zero-order valence-electron chi connectivity index (χ0n) is 16.6. The summed E-state index contributed by atoms with van der Waals surface area (Å²) in [4.78, 5) is 38.4. The molecule has 0 aliphatic carbocycles. The zero-order valence-corrected chi connectivity index (χ0v) is 16.6. The van der Waals surface area contributed by atoms with E-state index in [0.717, 1.165) is 16.0 Å². The molecule has 0 bridgehead atoms. The number of nitrogens with zero attached hydrogens (tertiary/aromatic N) is 1. The summed E-state index contributed by atoms with van der Waals surface area (Å²) >= 11 is 0. The molecule has 0 saturated carbocycles. The van der Waals surface area contributed by atoms with E-state index in [-0.39, 0.29) is 24.3 Å². The van der Waals surface area contributed by atoms with Gasteiger partial charge in [0.2, 0.25) is 0 Å². The van der Waals surface area contributed by atoms with E-state index < -0.39 is 0 Å². The van der Waals surface area contributed by atoms with Gasteiger partial charge in [0.15, 0.2) is 6.61 Å². The SMILES string of the molecule is Cc1cc(C)cc(OCC(=O)Nc2ccc(N3C(=O)c4ccccc4C3=O)cc2)c1. The van der Waals surface area contributed by atoms with Crippen molar-refractivity contribution < 1.29 is 19.1 Å². The highest BCUT2D eigenvalue weighted by Crippen LogP contribution is 2.29. The molecular formula is C24H20N2O4. The van der Waals surface area contributed by atoms with E-state index in [1.54, 1.807) is 48.5 Å². The molecule has 0 spiro atoms. The lowest BCUT2D eigenvalue weighted by Crippen LogP contribution is -2.29. The molecule has 1 N–H and O–H groups in total. The van der Waals surface area contributed by atoms with Crippen LogP contribution in [0.3, 0.4) is 0 Å². The van der Waals surface area contributed by atoms with Crippen LogP contribution in [0.2, 0.25) is 0 Å². The number of fused-ring (bicyclic) bond motifs is 1. The van der Waals surface area contributed by atoms with Crippen LogP contribution < -0.4 is 15.0 Å². The lowest BCUT2D eigenvalue weighted by atomic mass is 10.1. The Labute approximate surface area is 174 Å². The standard InChI is InChI=1S/C24H20N2O4/c1-15-11-16(2)13-19(12-15)30-14-22(27)25-17-7-9-18(10-8-17)26-23(28)20-5-3-4-6-21(20)24(26)29/h3-13H,14H2,1-2H3,(H,25,27). The van der Waals surface area contributed by atoms with Crippen LogP contribution in [0.1, 0.15) is 31.8 Å². The molecule has 150 valence electrons. The van der Waals surface area contributed by atoms with E-state index in [2.05, 4.69) is 5.32 Å². The van der Waals surface area contributed by atoms with Crippen LogP contribution in [0.4, 0.5) is 11.4 Å². The van der Waals surface area contributed by atoms with E-state index in [1.807, 2.05) is 32.0 Å². The Morgan fingerprint density at radius 1 is 0.867 bits per heavy atom. The largest absolute Gasteiger partial charge is 0.484 e. The molecule has 3 aromatic carbocycles. The van der Waals surface area contributed by atoms with Gasteiger partial charge in [0.1, 0.15) is 5.75 Å². The third-order valence-electron chi connectivity index (χ3n) is 4.77. The molecule has 3 amide bonds. The van der Waals surface area contributed by atoms with Gasteiger partial charge in [-0.1, -0.05) is 18.2 Å². The first-order chi connectivity index (χ1) is 14.4. The second kappa shape index (κ2) is 7.83. The van der Waals surface area contributed by atoms with Crippen LogP contribution in [0.5, 0.6) is 5.75 Å². The molecule has 0 unspecified atom stereocenters. The number of ether oxygens (including phenoxy) is 1. The van der Waals surface area contributed by atoms with Gasteiger partial charge in [-0.25, -0.2) is 4.90 Å². The minimum absolute atomic E-state index is 0.122. The van der Waals surface area contributed by atoms with Gasteiger partial charge in [0.05, 0.1) is 16.8 Å². The van der Waals surface area contributed by atoms with E-state index in [9.17, 15) is 14.4 Å². The highest BCUT2D eigenvalue weighted by Gasteiger charge is 2.36. The Hall–Kier alpha value is -3.93. The molecule has 0 atom stereocenters. The third kappa shape index (κ3) is 3.80. The van der Waals surface area contributed by atoms with Gasteiger partial charge in [-0.05, 0) is 73.5 Å². The summed E-state index contributed by atoms with van der Waals surface area (Å²) in [6, 6.07) is 19.1. The molecule has 30 heavy (non-hydrogen) atoms. The number of rotatable bonds is 5. The molecule has 1 heterocycles.